The van der Waals surface area contributed by atoms with Gasteiger partial charge in [-0.2, -0.15) is 0 Å². The van der Waals surface area contributed by atoms with E-state index < -0.39 is 0 Å². The quantitative estimate of drug-likeness (QED) is 0.447. The van der Waals surface area contributed by atoms with Gasteiger partial charge in [0.25, 0.3) is 0 Å². The normalized spacial score (nSPS) is 15.8. The maximum absolute atomic E-state index is 12.0. The molecule has 1 aliphatic heterocycles. The fraction of sp³-hybridized carbons (Fsp3) is 0.500. The van der Waals surface area contributed by atoms with Crippen LogP contribution in [-0.2, 0) is 0 Å². The van der Waals surface area contributed by atoms with Crippen molar-refractivity contribution in [3.8, 4) is 12.3 Å². The summed E-state index contributed by atoms with van der Waals surface area (Å²) in [4.78, 5) is 14.6. The molecule has 0 unspecified atom stereocenters. The summed E-state index contributed by atoms with van der Waals surface area (Å²) in [6.45, 7) is 3.62. The van der Waals surface area contributed by atoms with Gasteiger partial charge in [0, 0.05) is 17.5 Å². The number of carbonyl (C=O) groups is 1. The molecule has 1 aromatic rings. The van der Waals surface area contributed by atoms with Gasteiger partial charge in [-0.25, -0.2) is 0 Å². The van der Waals surface area contributed by atoms with Crippen LogP contribution in [0.2, 0.25) is 0 Å². The van der Waals surface area contributed by atoms with E-state index in [1.807, 2.05) is 24.3 Å². The first-order valence-electron chi connectivity index (χ1n) is 7.62. The van der Waals surface area contributed by atoms with Crippen molar-refractivity contribution < 1.29 is 4.79 Å². The number of hydrogen-bond acceptors (Lipinski definition) is 2. The van der Waals surface area contributed by atoms with E-state index >= 15 is 0 Å². The smallest absolute Gasteiger partial charge is 0.162 e. The van der Waals surface area contributed by atoms with Crippen LogP contribution in [-0.4, -0.2) is 30.3 Å². The number of Topliss-reactive ketones (excluding diaryl/α,β-unsaturated/α-hetero) is 1. The second-order valence-corrected chi connectivity index (χ2v) is 5.50. The van der Waals surface area contributed by atoms with Crippen molar-refractivity contribution >= 4 is 5.78 Å². The van der Waals surface area contributed by atoms with Gasteiger partial charge in [-0.15, -0.1) is 6.42 Å². The molecule has 0 saturated carbocycles. The van der Waals surface area contributed by atoms with E-state index in [2.05, 4.69) is 10.8 Å². The second kappa shape index (κ2) is 7.87. The Kier molecular flexibility index (Phi) is 5.83. The van der Waals surface area contributed by atoms with Gasteiger partial charge in [0.1, 0.15) is 0 Å². The van der Waals surface area contributed by atoms with E-state index in [9.17, 15) is 4.79 Å². The molecule has 0 amide bonds. The summed E-state index contributed by atoms with van der Waals surface area (Å²) in [5, 5.41) is 0. The van der Waals surface area contributed by atoms with E-state index in [4.69, 9.17) is 6.42 Å². The molecule has 0 aromatic heterocycles. The molecular formula is C18H23NO. The Morgan fingerprint density at radius 2 is 1.80 bits per heavy atom. The lowest BCUT2D eigenvalue weighted by Gasteiger charge is -2.26. The molecule has 0 spiro atoms. The number of terminal acetylenes is 1. The van der Waals surface area contributed by atoms with Crippen molar-refractivity contribution in [2.24, 2.45) is 0 Å². The standard InChI is InChI=1S/C18H23NO/c1-2-16-9-11-17(12-10-16)18(20)8-4-7-15-19-13-5-3-6-14-19/h1,9-12H,3-8,13-15H2. The number of nitrogens with zero attached hydrogens (tertiary/aromatic N) is 1. The Hall–Kier alpha value is -1.59. The molecule has 0 aliphatic carbocycles. The van der Waals surface area contributed by atoms with Crippen LogP contribution in [0.1, 0.15) is 54.4 Å². The highest BCUT2D eigenvalue weighted by Crippen LogP contribution is 2.12. The van der Waals surface area contributed by atoms with E-state index in [1.165, 1.54) is 32.4 Å². The molecule has 1 fully saturated rings. The van der Waals surface area contributed by atoms with E-state index in [1.54, 1.807) is 0 Å². The van der Waals surface area contributed by atoms with Crippen LogP contribution in [0.3, 0.4) is 0 Å². The van der Waals surface area contributed by atoms with E-state index in [-0.39, 0.29) is 5.78 Å². The fourth-order valence-electron chi connectivity index (χ4n) is 2.70. The fourth-order valence-corrected chi connectivity index (χ4v) is 2.70. The minimum Gasteiger partial charge on any atom is -0.303 e. The monoisotopic (exact) mass is 269 g/mol. The third kappa shape index (κ3) is 4.51. The number of rotatable bonds is 6. The van der Waals surface area contributed by atoms with Gasteiger partial charge in [-0.1, -0.05) is 24.5 Å². The summed E-state index contributed by atoms with van der Waals surface area (Å²) >= 11 is 0. The van der Waals surface area contributed by atoms with Crippen molar-refractivity contribution in [2.75, 3.05) is 19.6 Å². The third-order valence-corrected chi connectivity index (χ3v) is 3.95. The van der Waals surface area contributed by atoms with Crippen molar-refractivity contribution in [3.05, 3.63) is 35.4 Å². The molecule has 2 nitrogen and oxygen atoms in total. The number of hydrogen-bond donors (Lipinski definition) is 0. The summed E-state index contributed by atoms with van der Waals surface area (Å²) in [6.07, 6.45) is 12.1. The zero-order chi connectivity index (χ0) is 14.2. The average molecular weight is 269 g/mol. The van der Waals surface area contributed by atoms with E-state index in [0.29, 0.717) is 6.42 Å². The Balaban J connectivity index is 1.67. The predicted octanol–water partition coefficient (Wildman–Crippen LogP) is 3.51. The topological polar surface area (TPSA) is 20.3 Å². The predicted molar refractivity (Wildman–Crippen MR) is 82.8 cm³/mol. The lowest BCUT2D eigenvalue weighted by atomic mass is 10.0. The molecule has 1 heterocycles. The molecule has 1 aliphatic rings. The van der Waals surface area contributed by atoms with Gasteiger partial charge < -0.3 is 4.90 Å². The summed E-state index contributed by atoms with van der Waals surface area (Å²) in [6, 6.07) is 7.34. The maximum Gasteiger partial charge on any atom is 0.162 e. The highest BCUT2D eigenvalue weighted by molar-refractivity contribution is 5.96. The molecule has 0 N–H and O–H groups in total. The zero-order valence-corrected chi connectivity index (χ0v) is 12.1. The first kappa shape index (κ1) is 14.8. The van der Waals surface area contributed by atoms with Gasteiger partial charge in [-0.05, 0) is 57.5 Å². The highest BCUT2D eigenvalue weighted by atomic mass is 16.1. The SMILES string of the molecule is C#Cc1ccc(C(=O)CCCCN2CCCCC2)cc1. The van der Waals surface area contributed by atoms with Gasteiger partial charge in [-0.3, -0.25) is 4.79 Å². The van der Waals surface area contributed by atoms with Gasteiger partial charge in [0.2, 0.25) is 0 Å². The Morgan fingerprint density at radius 3 is 2.45 bits per heavy atom. The molecule has 2 heteroatoms. The maximum atomic E-state index is 12.0. The van der Waals surface area contributed by atoms with Crippen LogP contribution in [0.15, 0.2) is 24.3 Å². The average Bonchev–Trinajstić information content (AvgIpc) is 2.52. The van der Waals surface area contributed by atoms with Gasteiger partial charge in [0.15, 0.2) is 5.78 Å². The molecule has 0 bridgehead atoms. The number of carbonyl (C=O) groups excluding carboxylic acids is 1. The van der Waals surface area contributed by atoms with Crippen molar-refractivity contribution in [3.63, 3.8) is 0 Å². The molecule has 0 atom stereocenters. The van der Waals surface area contributed by atoms with Crippen LogP contribution in [0.4, 0.5) is 0 Å². The Morgan fingerprint density at radius 1 is 1.10 bits per heavy atom. The van der Waals surface area contributed by atoms with Crippen LogP contribution in [0.25, 0.3) is 0 Å². The molecule has 20 heavy (non-hydrogen) atoms. The van der Waals surface area contributed by atoms with Crippen LogP contribution >= 0.6 is 0 Å². The zero-order valence-electron chi connectivity index (χ0n) is 12.1. The number of unbranched alkanes of at least 4 members (excludes halogenated alkanes) is 1. The lowest BCUT2D eigenvalue weighted by molar-refractivity contribution is 0.0977. The first-order valence-corrected chi connectivity index (χ1v) is 7.62. The van der Waals surface area contributed by atoms with Crippen molar-refractivity contribution in [2.45, 2.75) is 38.5 Å². The number of ketones is 1. The number of likely N-dealkylation sites (tertiary alicyclic amines) is 1. The summed E-state index contributed by atoms with van der Waals surface area (Å²) < 4.78 is 0. The molecular weight excluding hydrogens is 246 g/mol. The minimum atomic E-state index is 0.229. The second-order valence-electron chi connectivity index (χ2n) is 5.50. The van der Waals surface area contributed by atoms with Gasteiger partial charge in [0.05, 0.1) is 0 Å². The van der Waals surface area contributed by atoms with Crippen LogP contribution in [0, 0.1) is 12.3 Å². The summed E-state index contributed by atoms with van der Waals surface area (Å²) in [7, 11) is 0. The molecule has 1 aromatic carbocycles. The van der Waals surface area contributed by atoms with Crippen LogP contribution in [0.5, 0.6) is 0 Å². The molecule has 2 rings (SSSR count). The molecule has 0 radical (unpaired) electrons. The largest absolute Gasteiger partial charge is 0.303 e. The lowest BCUT2D eigenvalue weighted by Crippen LogP contribution is -2.30. The van der Waals surface area contributed by atoms with Gasteiger partial charge >= 0.3 is 0 Å². The third-order valence-electron chi connectivity index (χ3n) is 3.95. The van der Waals surface area contributed by atoms with Crippen LogP contribution < -0.4 is 0 Å². The van der Waals surface area contributed by atoms with Crippen molar-refractivity contribution in [1.29, 1.82) is 0 Å². The highest BCUT2D eigenvalue weighted by Gasteiger charge is 2.10. The number of benzene rings is 1. The summed E-state index contributed by atoms with van der Waals surface area (Å²) in [5.41, 5.74) is 1.61. The Bertz CT molecular complexity index is 463. The number of piperidine rings is 1. The first-order chi connectivity index (χ1) is 9.79. The molecule has 1 saturated heterocycles. The summed E-state index contributed by atoms with van der Waals surface area (Å²) in [5.74, 6) is 2.79. The Labute approximate surface area is 122 Å². The van der Waals surface area contributed by atoms with Crippen molar-refractivity contribution in [1.82, 2.24) is 4.90 Å². The van der Waals surface area contributed by atoms with E-state index in [0.717, 1.165) is 30.5 Å². The molecule has 106 valence electrons. The minimum absolute atomic E-state index is 0.229.